The minimum absolute atomic E-state index is 0.617. The highest BCUT2D eigenvalue weighted by atomic mass is 35.5. The average Bonchev–Trinajstić information content (AvgIpc) is 2.51. The third-order valence-electron chi connectivity index (χ3n) is 3.33. The second-order valence-corrected chi connectivity index (χ2v) is 5.51. The van der Waals surface area contributed by atoms with Gasteiger partial charge in [0.15, 0.2) is 0 Å². The Kier molecular flexibility index (Phi) is 5.71. The van der Waals surface area contributed by atoms with Crippen molar-refractivity contribution in [1.29, 1.82) is 0 Å². The number of anilines is 2. The van der Waals surface area contributed by atoms with Gasteiger partial charge in [0.05, 0.1) is 11.9 Å². The van der Waals surface area contributed by atoms with Gasteiger partial charge in [-0.15, -0.1) is 0 Å². The zero-order valence-corrected chi connectivity index (χ0v) is 13.7. The van der Waals surface area contributed by atoms with Crippen LogP contribution in [-0.4, -0.2) is 18.1 Å². The molecular weight excluding hydrogens is 305 g/mol. The second-order valence-electron chi connectivity index (χ2n) is 4.67. The molecule has 0 bridgehead atoms. The van der Waals surface area contributed by atoms with Gasteiger partial charge in [-0.3, -0.25) is 0 Å². The molecule has 0 aliphatic carbocycles. The predicted octanol–water partition coefficient (Wildman–Crippen LogP) is 4.85. The highest BCUT2D eigenvalue weighted by Gasteiger charge is 2.04. The van der Waals surface area contributed by atoms with Crippen molar-refractivity contribution < 1.29 is 0 Å². The van der Waals surface area contributed by atoms with Gasteiger partial charge in [-0.1, -0.05) is 23.2 Å². The largest absolute Gasteiger partial charge is 0.380 e. The number of halogens is 2. The van der Waals surface area contributed by atoms with Gasteiger partial charge in [0.25, 0.3) is 0 Å². The van der Waals surface area contributed by atoms with Gasteiger partial charge in [0.2, 0.25) is 0 Å². The van der Waals surface area contributed by atoms with Crippen molar-refractivity contribution in [3.8, 4) is 0 Å². The summed E-state index contributed by atoms with van der Waals surface area (Å²) < 4.78 is 0. The number of aromatic nitrogens is 1. The first-order valence-electron chi connectivity index (χ1n) is 7.02. The van der Waals surface area contributed by atoms with E-state index in [1.807, 2.05) is 30.5 Å². The lowest BCUT2D eigenvalue weighted by Crippen LogP contribution is -2.22. The van der Waals surface area contributed by atoms with E-state index in [9.17, 15) is 0 Å². The van der Waals surface area contributed by atoms with E-state index in [4.69, 9.17) is 23.2 Å². The van der Waals surface area contributed by atoms with Crippen molar-refractivity contribution in [2.45, 2.75) is 20.4 Å². The lowest BCUT2D eigenvalue weighted by Gasteiger charge is -2.19. The van der Waals surface area contributed by atoms with Crippen LogP contribution in [0.5, 0.6) is 0 Å². The van der Waals surface area contributed by atoms with Gasteiger partial charge in [-0.25, -0.2) is 4.98 Å². The van der Waals surface area contributed by atoms with Crippen molar-refractivity contribution in [3.05, 3.63) is 52.1 Å². The fraction of sp³-hybridized carbons (Fsp3) is 0.312. The third-order valence-corrected chi connectivity index (χ3v) is 3.93. The summed E-state index contributed by atoms with van der Waals surface area (Å²) in [5, 5.41) is 4.70. The first-order chi connectivity index (χ1) is 10.1. The third kappa shape index (κ3) is 4.26. The molecule has 2 rings (SSSR count). The smallest absolute Gasteiger partial charge is 0.128 e. The summed E-state index contributed by atoms with van der Waals surface area (Å²) in [6.45, 7) is 6.77. The van der Waals surface area contributed by atoms with E-state index in [1.165, 1.54) is 0 Å². The molecule has 1 aromatic carbocycles. The summed E-state index contributed by atoms with van der Waals surface area (Å²) in [5.41, 5.74) is 1.93. The molecule has 1 N–H and O–H groups in total. The molecule has 0 radical (unpaired) electrons. The first kappa shape index (κ1) is 15.9. The quantitative estimate of drug-likeness (QED) is 0.823. The Morgan fingerprint density at radius 1 is 1.10 bits per heavy atom. The molecule has 0 spiro atoms. The molecule has 0 aliphatic rings. The Morgan fingerprint density at radius 3 is 2.48 bits per heavy atom. The molecule has 0 aliphatic heterocycles. The lowest BCUT2D eigenvalue weighted by atomic mass is 10.2. The minimum Gasteiger partial charge on any atom is -0.380 e. The maximum absolute atomic E-state index is 6.15. The summed E-state index contributed by atoms with van der Waals surface area (Å²) in [7, 11) is 0. The molecule has 2 aromatic rings. The maximum atomic E-state index is 6.15. The van der Waals surface area contributed by atoms with E-state index in [0.29, 0.717) is 16.6 Å². The normalized spacial score (nSPS) is 10.5. The molecule has 3 nitrogen and oxygen atoms in total. The van der Waals surface area contributed by atoms with Crippen LogP contribution in [0.4, 0.5) is 11.5 Å². The van der Waals surface area contributed by atoms with Crippen LogP contribution in [0.1, 0.15) is 19.4 Å². The van der Waals surface area contributed by atoms with Crippen LogP contribution in [0.15, 0.2) is 36.5 Å². The Morgan fingerprint density at radius 2 is 1.86 bits per heavy atom. The zero-order valence-electron chi connectivity index (χ0n) is 12.2. The van der Waals surface area contributed by atoms with Gasteiger partial charge >= 0.3 is 0 Å². The maximum Gasteiger partial charge on any atom is 0.128 e. The summed E-state index contributed by atoms with van der Waals surface area (Å²) >= 11 is 12.1. The molecule has 1 heterocycles. The van der Waals surface area contributed by atoms with E-state index >= 15 is 0 Å². The van der Waals surface area contributed by atoms with E-state index in [2.05, 4.69) is 29.0 Å². The number of nitrogens with zero attached hydrogens (tertiary/aromatic N) is 2. The number of benzene rings is 1. The highest BCUT2D eigenvalue weighted by Crippen LogP contribution is 2.22. The number of nitrogens with one attached hydrogen (secondary N) is 1. The van der Waals surface area contributed by atoms with Crippen LogP contribution in [-0.2, 0) is 6.54 Å². The zero-order chi connectivity index (χ0) is 15.2. The van der Waals surface area contributed by atoms with Crippen LogP contribution in [0, 0.1) is 0 Å². The molecule has 5 heteroatoms. The lowest BCUT2D eigenvalue weighted by molar-refractivity contribution is 0.846. The van der Waals surface area contributed by atoms with E-state index in [0.717, 1.165) is 30.2 Å². The predicted molar refractivity (Wildman–Crippen MR) is 91.6 cm³/mol. The van der Waals surface area contributed by atoms with Crippen molar-refractivity contribution in [2.24, 2.45) is 0 Å². The second kappa shape index (κ2) is 7.53. The van der Waals surface area contributed by atoms with E-state index < -0.39 is 0 Å². The topological polar surface area (TPSA) is 28.2 Å². The Balaban J connectivity index is 2.02. The van der Waals surface area contributed by atoms with Gasteiger partial charge in [0.1, 0.15) is 5.82 Å². The number of hydrogen-bond acceptors (Lipinski definition) is 3. The van der Waals surface area contributed by atoms with Crippen LogP contribution in [0.3, 0.4) is 0 Å². The summed E-state index contributed by atoms with van der Waals surface area (Å²) in [4.78, 5) is 6.68. The number of pyridine rings is 1. The van der Waals surface area contributed by atoms with Crippen molar-refractivity contribution in [3.63, 3.8) is 0 Å². The number of rotatable bonds is 6. The summed E-state index contributed by atoms with van der Waals surface area (Å²) in [5.74, 6) is 0.992. The van der Waals surface area contributed by atoms with Crippen molar-refractivity contribution in [1.82, 2.24) is 4.98 Å². The SMILES string of the molecule is CCN(CC)c1ccc(NCc2cc(Cl)ccc2Cl)cn1. The van der Waals surface area contributed by atoms with Crippen LogP contribution < -0.4 is 10.2 Å². The van der Waals surface area contributed by atoms with Gasteiger partial charge in [0, 0.05) is 29.7 Å². The number of hydrogen-bond donors (Lipinski definition) is 1. The summed E-state index contributed by atoms with van der Waals surface area (Å²) in [6, 6.07) is 9.51. The molecule has 112 valence electrons. The van der Waals surface area contributed by atoms with Crippen LogP contribution in [0.2, 0.25) is 10.0 Å². The van der Waals surface area contributed by atoms with Crippen LogP contribution >= 0.6 is 23.2 Å². The molecule has 1 aromatic heterocycles. The minimum atomic E-state index is 0.617. The monoisotopic (exact) mass is 323 g/mol. The molecule has 0 saturated heterocycles. The van der Waals surface area contributed by atoms with E-state index in [-0.39, 0.29) is 0 Å². The molecule has 0 fully saturated rings. The average molecular weight is 324 g/mol. The molecule has 0 saturated carbocycles. The molecular formula is C16H19Cl2N3. The molecule has 0 unspecified atom stereocenters. The fourth-order valence-electron chi connectivity index (χ4n) is 2.10. The fourth-order valence-corrected chi connectivity index (χ4v) is 2.48. The van der Waals surface area contributed by atoms with Gasteiger partial charge in [-0.2, -0.15) is 0 Å². The summed E-state index contributed by atoms with van der Waals surface area (Å²) in [6.07, 6.45) is 1.84. The molecule has 0 amide bonds. The Bertz CT molecular complexity index is 581. The Labute approximate surface area is 135 Å². The van der Waals surface area contributed by atoms with Gasteiger partial charge < -0.3 is 10.2 Å². The molecule has 21 heavy (non-hydrogen) atoms. The Hall–Kier alpha value is -1.45. The van der Waals surface area contributed by atoms with Crippen molar-refractivity contribution in [2.75, 3.05) is 23.3 Å². The van der Waals surface area contributed by atoms with E-state index in [1.54, 1.807) is 6.07 Å². The highest BCUT2D eigenvalue weighted by molar-refractivity contribution is 6.33. The van der Waals surface area contributed by atoms with Crippen molar-refractivity contribution >= 4 is 34.7 Å². The molecule has 0 atom stereocenters. The van der Waals surface area contributed by atoms with Crippen LogP contribution in [0.25, 0.3) is 0 Å². The van der Waals surface area contributed by atoms with Gasteiger partial charge in [-0.05, 0) is 49.7 Å². The first-order valence-corrected chi connectivity index (χ1v) is 7.78. The standard InChI is InChI=1S/C16H19Cl2N3/c1-3-21(4-2)16-8-6-14(11-20-16)19-10-12-9-13(17)5-7-15(12)18/h5-9,11,19H,3-4,10H2,1-2H3.